The fraction of sp³-hybridized carbons (Fsp3) is 0.111. The minimum atomic E-state index is -1.06. The molecule has 13 heteroatoms. The summed E-state index contributed by atoms with van der Waals surface area (Å²) in [6, 6.07) is 12.0. The van der Waals surface area contributed by atoms with Gasteiger partial charge in [0.1, 0.15) is 5.57 Å². The minimum Gasteiger partial charge on any atom is -0.481 e. The van der Waals surface area contributed by atoms with E-state index in [2.05, 4.69) is 5.32 Å². The Labute approximate surface area is 237 Å². The Morgan fingerprint density at radius 3 is 2.42 bits per heavy atom. The van der Waals surface area contributed by atoms with E-state index in [0.717, 1.165) is 23.3 Å². The van der Waals surface area contributed by atoms with Crippen LogP contribution in [-0.4, -0.2) is 35.3 Å². The zero-order valence-electron chi connectivity index (χ0n) is 21.0. The van der Waals surface area contributed by atoms with Gasteiger partial charge in [0.2, 0.25) is 0 Å². The van der Waals surface area contributed by atoms with Gasteiger partial charge in [-0.25, -0.2) is 9.69 Å². The van der Waals surface area contributed by atoms with Crippen molar-refractivity contribution in [3.8, 4) is 5.75 Å². The number of aryl methyl sites for hydroxylation is 1. The van der Waals surface area contributed by atoms with Gasteiger partial charge in [0, 0.05) is 17.8 Å². The van der Waals surface area contributed by atoms with Crippen molar-refractivity contribution in [2.24, 2.45) is 0 Å². The Bertz CT molecular complexity index is 1600. The first-order valence-corrected chi connectivity index (χ1v) is 12.4. The van der Waals surface area contributed by atoms with Crippen LogP contribution in [-0.2, 0) is 14.4 Å². The first-order chi connectivity index (χ1) is 19.0. The van der Waals surface area contributed by atoms with Gasteiger partial charge in [-0.1, -0.05) is 41.4 Å². The first kappa shape index (κ1) is 28.3. The first-order valence-electron chi connectivity index (χ1n) is 11.6. The number of carbonyl (C=O) groups is 4. The standard InChI is InChI=1S/C27H20Cl2N4O7/c1-14-5-3-8-22(15(14)2)30-23(34)13-40-24-20(28)10-16(11-21(24)29)9-19-25(35)31-27(37)32(26(19)36)17-6-4-7-18(12-17)33(38)39/h3-12H,13H2,1-2H3,(H,30,34)(H,31,35,37)/b19-9-. The summed E-state index contributed by atoms with van der Waals surface area (Å²) in [5.74, 6) is -2.42. The second kappa shape index (κ2) is 11.6. The lowest BCUT2D eigenvalue weighted by Crippen LogP contribution is -2.54. The Hall–Kier alpha value is -4.74. The van der Waals surface area contributed by atoms with E-state index in [1.54, 1.807) is 6.07 Å². The Morgan fingerprint density at radius 1 is 1.07 bits per heavy atom. The molecular formula is C27H20Cl2N4O7. The van der Waals surface area contributed by atoms with Crippen molar-refractivity contribution in [2.45, 2.75) is 13.8 Å². The van der Waals surface area contributed by atoms with Crippen LogP contribution in [0.3, 0.4) is 0 Å². The molecule has 1 saturated heterocycles. The molecule has 3 aromatic rings. The number of imide groups is 2. The van der Waals surface area contributed by atoms with Crippen molar-refractivity contribution in [1.29, 1.82) is 0 Å². The predicted octanol–water partition coefficient (Wildman–Crippen LogP) is 5.20. The molecule has 1 aliphatic rings. The van der Waals surface area contributed by atoms with Crippen molar-refractivity contribution in [3.05, 3.63) is 97.0 Å². The molecule has 0 unspecified atom stereocenters. The molecule has 0 aliphatic carbocycles. The topological polar surface area (TPSA) is 148 Å². The maximum atomic E-state index is 13.1. The smallest absolute Gasteiger partial charge is 0.335 e. The molecule has 11 nitrogen and oxygen atoms in total. The number of barbiturate groups is 1. The summed E-state index contributed by atoms with van der Waals surface area (Å²) in [5, 5.41) is 15.9. The number of carbonyl (C=O) groups excluding carboxylic acids is 4. The van der Waals surface area contributed by atoms with E-state index in [1.807, 2.05) is 31.3 Å². The van der Waals surface area contributed by atoms with Crippen molar-refractivity contribution >= 4 is 70.1 Å². The SMILES string of the molecule is Cc1cccc(NC(=O)COc2c(Cl)cc(/C=C3/C(=O)NC(=O)N(c4cccc([N+](=O)[O-])c4)C3=O)cc2Cl)c1C. The van der Waals surface area contributed by atoms with Gasteiger partial charge >= 0.3 is 6.03 Å². The van der Waals surface area contributed by atoms with E-state index in [-0.39, 0.29) is 32.7 Å². The van der Waals surface area contributed by atoms with Gasteiger partial charge in [-0.3, -0.25) is 29.8 Å². The number of hydrogen-bond acceptors (Lipinski definition) is 7. The second-order valence-electron chi connectivity index (χ2n) is 8.63. The number of ether oxygens (including phenoxy) is 1. The number of hydrogen-bond donors (Lipinski definition) is 2. The number of urea groups is 1. The maximum absolute atomic E-state index is 13.1. The largest absolute Gasteiger partial charge is 0.481 e. The lowest BCUT2D eigenvalue weighted by molar-refractivity contribution is -0.384. The molecule has 0 saturated carbocycles. The molecule has 204 valence electrons. The predicted molar refractivity (Wildman–Crippen MR) is 149 cm³/mol. The van der Waals surface area contributed by atoms with Crippen LogP contribution in [0.15, 0.2) is 60.2 Å². The molecule has 40 heavy (non-hydrogen) atoms. The van der Waals surface area contributed by atoms with Crippen LogP contribution < -0.4 is 20.3 Å². The third-order valence-corrected chi connectivity index (χ3v) is 6.52. The van der Waals surface area contributed by atoms with Gasteiger partial charge in [0.15, 0.2) is 12.4 Å². The van der Waals surface area contributed by atoms with E-state index in [0.29, 0.717) is 10.6 Å². The average Bonchev–Trinajstić information content (AvgIpc) is 2.89. The number of nitrogens with zero attached hydrogens (tertiary/aromatic N) is 2. The number of anilines is 2. The normalized spacial score (nSPS) is 14.2. The molecule has 2 N–H and O–H groups in total. The molecule has 4 rings (SSSR count). The van der Waals surface area contributed by atoms with Crippen LogP contribution in [0.4, 0.5) is 21.9 Å². The third kappa shape index (κ3) is 5.95. The van der Waals surface area contributed by atoms with Crippen molar-refractivity contribution in [1.82, 2.24) is 5.32 Å². The molecule has 1 heterocycles. The highest BCUT2D eigenvalue weighted by Gasteiger charge is 2.37. The number of nitro groups is 1. The molecule has 1 aliphatic heterocycles. The molecule has 0 bridgehead atoms. The fourth-order valence-electron chi connectivity index (χ4n) is 3.82. The molecule has 0 aromatic heterocycles. The van der Waals surface area contributed by atoms with E-state index < -0.39 is 40.9 Å². The van der Waals surface area contributed by atoms with E-state index in [4.69, 9.17) is 27.9 Å². The zero-order valence-corrected chi connectivity index (χ0v) is 22.5. The van der Waals surface area contributed by atoms with Gasteiger partial charge in [-0.05, 0) is 60.9 Å². The number of nitrogens with one attached hydrogen (secondary N) is 2. The quantitative estimate of drug-likeness (QED) is 0.168. The molecule has 0 spiro atoms. The van der Waals surface area contributed by atoms with Gasteiger partial charge in [-0.2, -0.15) is 0 Å². The fourth-order valence-corrected chi connectivity index (χ4v) is 4.43. The molecule has 1 fully saturated rings. The van der Waals surface area contributed by atoms with Crippen molar-refractivity contribution in [3.63, 3.8) is 0 Å². The number of halogens is 2. The van der Waals surface area contributed by atoms with E-state index in [9.17, 15) is 29.3 Å². The highest BCUT2D eigenvalue weighted by atomic mass is 35.5. The number of benzene rings is 3. The lowest BCUT2D eigenvalue weighted by Gasteiger charge is -2.26. The highest BCUT2D eigenvalue weighted by Crippen LogP contribution is 2.35. The van der Waals surface area contributed by atoms with Crippen LogP contribution >= 0.6 is 23.2 Å². The van der Waals surface area contributed by atoms with E-state index in [1.165, 1.54) is 30.3 Å². The summed E-state index contributed by atoms with van der Waals surface area (Å²) >= 11 is 12.7. The van der Waals surface area contributed by atoms with E-state index >= 15 is 0 Å². The Morgan fingerprint density at radius 2 is 1.75 bits per heavy atom. The summed E-state index contributed by atoms with van der Waals surface area (Å²) in [6.07, 6.45) is 1.16. The molecule has 3 aromatic carbocycles. The zero-order chi connectivity index (χ0) is 29.1. The summed E-state index contributed by atoms with van der Waals surface area (Å²) in [6.45, 7) is 3.41. The average molecular weight is 583 g/mol. The number of amides is 5. The number of rotatable bonds is 7. The van der Waals surface area contributed by atoms with Crippen molar-refractivity contribution < 1.29 is 28.8 Å². The van der Waals surface area contributed by atoms with Crippen LogP contribution in [0, 0.1) is 24.0 Å². The monoisotopic (exact) mass is 582 g/mol. The van der Waals surface area contributed by atoms with Crippen LogP contribution in [0.1, 0.15) is 16.7 Å². The number of non-ortho nitro benzene ring substituents is 1. The molecule has 5 amide bonds. The summed E-state index contributed by atoms with van der Waals surface area (Å²) in [4.78, 5) is 61.5. The summed E-state index contributed by atoms with van der Waals surface area (Å²) < 4.78 is 5.53. The van der Waals surface area contributed by atoms with Gasteiger partial charge in [0.25, 0.3) is 23.4 Å². The van der Waals surface area contributed by atoms with Gasteiger partial charge in [0.05, 0.1) is 20.7 Å². The van der Waals surface area contributed by atoms with Crippen LogP contribution in [0.5, 0.6) is 5.75 Å². The Kier molecular flexibility index (Phi) is 8.17. The van der Waals surface area contributed by atoms with Gasteiger partial charge in [-0.15, -0.1) is 0 Å². The molecule has 0 radical (unpaired) electrons. The third-order valence-electron chi connectivity index (χ3n) is 5.96. The lowest BCUT2D eigenvalue weighted by atomic mass is 10.1. The molecule has 0 atom stereocenters. The van der Waals surface area contributed by atoms with Gasteiger partial charge < -0.3 is 10.1 Å². The number of nitro benzene ring substituents is 1. The van der Waals surface area contributed by atoms with Crippen LogP contribution in [0.25, 0.3) is 6.08 Å². The van der Waals surface area contributed by atoms with Crippen molar-refractivity contribution in [2.75, 3.05) is 16.8 Å². The molecular weight excluding hydrogens is 563 g/mol. The summed E-state index contributed by atoms with van der Waals surface area (Å²) in [5.41, 5.74) is 1.88. The Balaban J connectivity index is 1.54. The minimum absolute atomic E-state index is 0.00540. The summed E-state index contributed by atoms with van der Waals surface area (Å²) in [7, 11) is 0. The van der Waals surface area contributed by atoms with Crippen LogP contribution in [0.2, 0.25) is 10.0 Å². The maximum Gasteiger partial charge on any atom is 0.335 e. The second-order valence-corrected chi connectivity index (χ2v) is 9.45. The highest BCUT2D eigenvalue weighted by molar-refractivity contribution is 6.40.